The van der Waals surface area contributed by atoms with E-state index in [1.54, 1.807) is 0 Å². The first-order chi connectivity index (χ1) is 13.8. The van der Waals surface area contributed by atoms with Gasteiger partial charge in [-0.2, -0.15) is 13.2 Å². The minimum absolute atomic E-state index is 0.0278. The van der Waals surface area contributed by atoms with Crippen LogP contribution in [-0.4, -0.2) is 6.36 Å². The predicted octanol–water partition coefficient (Wildman–Crippen LogP) is 7.70. The summed E-state index contributed by atoms with van der Waals surface area (Å²) in [5.74, 6) is -5.73. The molecule has 0 fully saturated rings. The van der Waals surface area contributed by atoms with Gasteiger partial charge in [-0.25, -0.2) is 8.78 Å². The number of rotatable bonds is 4. The highest BCUT2D eigenvalue weighted by molar-refractivity contribution is 9.10. The first kappa shape index (κ1) is 21.9. The fourth-order valence-corrected chi connectivity index (χ4v) is 2.92. The molecule has 0 saturated heterocycles. The van der Waals surface area contributed by atoms with Gasteiger partial charge < -0.3 is 13.9 Å². The Morgan fingerprint density at radius 1 is 0.867 bits per heavy atom. The van der Waals surface area contributed by atoms with E-state index in [1.165, 1.54) is 18.4 Å². The van der Waals surface area contributed by atoms with E-state index in [0.717, 1.165) is 12.1 Å². The second kappa shape index (κ2) is 7.82. The lowest BCUT2D eigenvalue weighted by Gasteiger charge is -2.17. The molecule has 0 amide bonds. The van der Waals surface area contributed by atoms with Crippen molar-refractivity contribution in [3.63, 3.8) is 0 Å². The Morgan fingerprint density at radius 3 is 2.00 bits per heavy atom. The highest BCUT2D eigenvalue weighted by atomic mass is 79.9. The highest BCUT2D eigenvalue weighted by Crippen LogP contribution is 2.45. The van der Waals surface area contributed by atoms with E-state index in [4.69, 9.17) is 9.15 Å². The molecule has 0 bridgehead atoms. The van der Waals surface area contributed by atoms with Gasteiger partial charge in [0.15, 0.2) is 23.1 Å². The van der Waals surface area contributed by atoms with E-state index in [0.29, 0.717) is 0 Å². The highest BCUT2D eigenvalue weighted by Gasteiger charge is 2.34. The SMILES string of the molecule is Fc1cc(C(F)(F)F)cc(F)c1Oc1c(Br)cc(OC(F)(F)F)cc1-c1ccco1. The van der Waals surface area contributed by atoms with Crippen molar-refractivity contribution in [1.82, 2.24) is 0 Å². The molecule has 0 spiro atoms. The topological polar surface area (TPSA) is 31.6 Å². The number of hydrogen-bond acceptors (Lipinski definition) is 3. The van der Waals surface area contributed by atoms with Gasteiger partial charge in [0.05, 0.1) is 21.9 Å². The van der Waals surface area contributed by atoms with Crippen LogP contribution in [0.2, 0.25) is 0 Å². The summed E-state index contributed by atoms with van der Waals surface area (Å²) in [6.45, 7) is 0. The number of benzene rings is 2. The maximum absolute atomic E-state index is 14.2. The van der Waals surface area contributed by atoms with Crippen molar-refractivity contribution in [2.75, 3.05) is 0 Å². The smallest absolute Gasteiger partial charge is 0.464 e. The maximum atomic E-state index is 14.2. The van der Waals surface area contributed by atoms with Crippen molar-refractivity contribution < 1.29 is 49.0 Å². The van der Waals surface area contributed by atoms with Crippen LogP contribution in [-0.2, 0) is 6.18 Å². The lowest BCUT2D eigenvalue weighted by atomic mass is 10.1. The summed E-state index contributed by atoms with van der Waals surface area (Å²) >= 11 is 2.91. The second-order valence-corrected chi connectivity index (χ2v) is 6.53. The molecule has 160 valence electrons. The van der Waals surface area contributed by atoms with Crippen LogP contribution in [0.3, 0.4) is 0 Å². The van der Waals surface area contributed by atoms with E-state index >= 15 is 0 Å². The predicted molar refractivity (Wildman–Crippen MR) is 90.0 cm³/mol. The third kappa shape index (κ3) is 4.86. The quantitative estimate of drug-likeness (QED) is 0.342. The van der Waals surface area contributed by atoms with Crippen molar-refractivity contribution >= 4 is 15.9 Å². The Morgan fingerprint density at radius 2 is 1.50 bits per heavy atom. The lowest BCUT2D eigenvalue weighted by Crippen LogP contribution is -2.17. The normalized spacial score (nSPS) is 12.2. The molecule has 12 heteroatoms. The molecule has 0 aliphatic carbocycles. The minimum Gasteiger partial charge on any atom is -0.464 e. The summed E-state index contributed by atoms with van der Waals surface area (Å²) in [7, 11) is 0. The summed E-state index contributed by atoms with van der Waals surface area (Å²) in [6.07, 6.45) is -8.87. The van der Waals surface area contributed by atoms with Crippen LogP contribution in [0, 0.1) is 11.6 Å². The Labute approximate surface area is 170 Å². The molecule has 0 aliphatic rings. The molecule has 3 aromatic rings. The lowest BCUT2D eigenvalue weighted by molar-refractivity contribution is -0.274. The third-order valence-corrected chi connectivity index (χ3v) is 4.16. The Hall–Kier alpha value is -2.76. The fraction of sp³-hybridized carbons (Fsp3) is 0.111. The van der Waals surface area contributed by atoms with E-state index in [9.17, 15) is 35.1 Å². The zero-order valence-electron chi connectivity index (χ0n) is 14.2. The van der Waals surface area contributed by atoms with Crippen LogP contribution >= 0.6 is 15.9 Å². The van der Waals surface area contributed by atoms with Crippen LogP contribution in [0.25, 0.3) is 11.3 Å². The van der Waals surface area contributed by atoms with Crippen molar-refractivity contribution in [2.45, 2.75) is 12.5 Å². The van der Waals surface area contributed by atoms with Gasteiger partial charge in [-0.05, 0) is 52.3 Å². The molecule has 30 heavy (non-hydrogen) atoms. The van der Waals surface area contributed by atoms with Crippen LogP contribution in [0.4, 0.5) is 35.1 Å². The first-order valence-electron chi connectivity index (χ1n) is 7.72. The average molecular weight is 503 g/mol. The third-order valence-electron chi connectivity index (χ3n) is 3.57. The van der Waals surface area contributed by atoms with Crippen molar-refractivity contribution in [3.8, 4) is 28.6 Å². The standard InChI is InChI=1S/C18H7BrF8O3/c19-11-7-9(30-18(25,26)27)6-10(14-2-1-3-28-14)15(11)29-16-12(20)4-8(5-13(16)21)17(22,23)24/h1-7H. The summed E-state index contributed by atoms with van der Waals surface area (Å²) in [5, 5.41) is 0. The second-order valence-electron chi connectivity index (χ2n) is 5.68. The van der Waals surface area contributed by atoms with Gasteiger partial charge in [0.25, 0.3) is 0 Å². The molecular formula is C18H7BrF8O3. The molecule has 0 saturated carbocycles. The Balaban J connectivity index is 2.11. The minimum atomic E-state index is -5.03. The zero-order chi connectivity index (χ0) is 22.3. The van der Waals surface area contributed by atoms with Crippen LogP contribution in [0.15, 0.2) is 51.6 Å². The number of furan rings is 1. The average Bonchev–Trinajstić information content (AvgIpc) is 3.11. The summed E-state index contributed by atoms with van der Waals surface area (Å²) in [4.78, 5) is 0. The largest absolute Gasteiger partial charge is 0.573 e. The van der Waals surface area contributed by atoms with Crippen LogP contribution in [0.5, 0.6) is 17.2 Å². The monoisotopic (exact) mass is 502 g/mol. The molecule has 0 radical (unpaired) electrons. The van der Waals surface area contributed by atoms with Crippen LogP contribution < -0.4 is 9.47 Å². The molecule has 3 nitrogen and oxygen atoms in total. The van der Waals surface area contributed by atoms with Crippen molar-refractivity contribution in [1.29, 1.82) is 0 Å². The van der Waals surface area contributed by atoms with Gasteiger partial charge in [-0.1, -0.05) is 0 Å². The molecule has 0 N–H and O–H groups in total. The molecule has 1 aromatic heterocycles. The Kier molecular flexibility index (Phi) is 5.72. The van der Waals surface area contributed by atoms with E-state index in [-0.39, 0.29) is 27.9 Å². The van der Waals surface area contributed by atoms with Gasteiger partial charge in [0, 0.05) is 0 Å². The van der Waals surface area contributed by atoms with E-state index in [2.05, 4.69) is 20.7 Å². The number of alkyl halides is 6. The fourth-order valence-electron chi connectivity index (χ4n) is 2.40. The molecule has 2 aromatic carbocycles. The molecule has 0 unspecified atom stereocenters. The van der Waals surface area contributed by atoms with Crippen molar-refractivity contribution in [2.24, 2.45) is 0 Å². The van der Waals surface area contributed by atoms with Gasteiger partial charge in [0.1, 0.15) is 11.5 Å². The number of ether oxygens (including phenoxy) is 2. The van der Waals surface area contributed by atoms with Gasteiger partial charge >= 0.3 is 12.5 Å². The number of hydrogen-bond donors (Lipinski definition) is 0. The maximum Gasteiger partial charge on any atom is 0.573 e. The summed E-state index contributed by atoms with van der Waals surface area (Å²) in [5.41, 5.74) is -1.79. The summed E-state index contributed by atoms with van der Waals surface area (Å²) < 4.78 is 118. The zero-order valence-corrected chi connectivity index (χ0v) is 15.8. The van der Waals surface area contributed by atoms with Crippen LogP contribution in [0.1, 0.15) is 5.56 Å². The van der Waals surface area contributed by atoms with E-state index in [1.807, 2.05) is 0 Å². The number of halogens is 9. The first-order valence-corrected chi connectivity index (χ1v) is 8.51. The molecule has 1 heterocycles. The van der Waals surface area contributed by atoms with Gasteiger partial charge in [0.2, 0.25) is 0 Å². The van der Waals surface area contributed by atoms with Gasteiger partial charge in [-0.15, -0.1) is 13.2 Å². The molecule has 3 rings (SSSR count). The summed E-state index contributed by atoms with van der Waals surface area (Å²) in [6, 6.07) is 4.37. The molecular weight excluding hydrogens is 496 g/mol. The van der Waals surface area contributed by atoms with Crippen molar-refractivity contribution in [3.05, 3.63) is 64.3 Å². The molecule has 0 atom stereocenters. The Bertz CT molecular complexity index is 1040. The van der Waals surface area contributed by atoms with Gasteiger partial charge in [-0.3, -0.25) is 0 Å². The molecule has 0 aliphatic heterocycles. The van der Waals surface area contributed by atoms with E-state index < -0.39 is 47.0 Å².